The molecule has 0 aliphatic rings. The smallest absolute Gasteiger partial charge is 0.344 e. The molecule has 0 aliphatic carbocycles. The number of amides is 2. The Morgan fingerprint density at radius 1 is 1.03 bits per heavy atom. The van der Waals surface area contributed by atoms with Crippen LogP contribution < -0.4 is 10.1 Å². The lowest BCUT2D eigenvalue weighted by molar-refractivity contribution is -0.153. The molecule has 2 aromatic carbocycles. The second-order valence-electron chi connectivity index (χ2n) is 7.59. The van der Waals surface area contributed by atoms with Crippen molar-refractivity contribution in [2.45, 2.75) is 26.3 Å². The van der Waals surface area contributed by atoms with Crippen molar-refractivity contribution in [3.05, 3.63) is 41.4 Å². The van der Waals surface area contributed by atoms with Crippen molar-refractivity contribution >= 4 is 40.2 Å². The van der Waals surface area contributed by atoms with E-state index in [-0.39, 0.29) is 19.1 Å². The molecule has 0 saturated heterocycles. The lowest BCUT2D eigenvalue weighted by atomic mass is 10.1. The number of ether oxygens (including phenoxy) is 2. The molecule has 156 valence electrons. The van der Waals surface area contributed by atoms with Crippen molar-refractivity contribution in [3.8, 4) is 5.75 Å². The van der Waals surface area contributed by atoms with Gasteiger partial charge in [-0.3, -0.25) is 9.59 Å². The third kappa shape index (κ3) is 6.94. The first kappa shape index (κ1) is 22.5. The van der Waals surface area contributed by atoms with Crippen molar-refractivity contribution in [2.75, 3.05) is 26.8 Å². The molecular formula is C21H25ClN2O5. The number of rotatable bonds is 7. The molecular weight excluding hydrogens is 396 g/mol. The van der Waals surface area contributed by atoms with E-state index in [1.807, 2.05) is 45.0 Å². The van der Waals surface area contributed by atoms with E-state index in [4.69, 9.17) is 21.1 Å². The van der Waals surface area contributed by atoms with Gasteiger partial charge in [0.25, 0.3) is 5.91 Å². The Hall–Kier alpha value is -2.80. The fraction of sp³-hybridized carbons (Fsp3) is 0.381. The highest BCUT2D eigenvalue weighted by atomic mass is 35.5. The molecule has 29 heavy (non-hydrogen) atoms. The second kappa shape index (κ2) is 9.60. The summed E-state index contributed by atoms with van der Waals surface area (Å²) in [5, 5.41) is 4.92. The molecule has 2 rings (SSSR count). The normalized spacial score (nSPS) is 11.1. The van der Waals surface area contributed by atoms with Crippen molar-refractivity contribution in [1.29, 1.82) is 0 Å². The van der Waals surface area contributed by atoms with Crippen molar-refractivity contribution < 1.29 is 23.9 Å². The van der Waals surface area contributed by atoms with Gasteiger partial charge in [-0.25, -0.2) is 4.79 Å². The standard InChI is InChI=1S/C21H25ClN2O5/c1-21(2,3)23-18(25)11-24(4)19(26)12-29-20(27)13-28-17-10-9-16(22)14-7-5-6-8-15(14)17/h5-10H,11-13H2,1-4H3,(H,23,25). The number of nitrogens with zero attached hydrogens (tertiary/aromatic N) is 1. The molecule has 0 unspecified atom stereocenters. The molecule has 0 atom stereocenters. The summed E-state index contributed by atoms with van der Waals surface area (Å²) in [6.07, 6.45) is 0. The van der Waals surface area contributed by atoms with Crippen molar-refractivity contribution in [3.63, 3.8) is 0 Å². The first-order valence-corrected chi connectivity index (χ1v) is 9.45. The van der Waals surface area contributed by atoms with Gasteiger partial charge < -0.3 is 19.7 Å². The molecule has 0 aromatic heterocycles. The highest BCUT2D eigenvalue weighted by Gasteiger charge is 2.19. The molecule has 2 aromatic rings. The number of carbonyl (C=O) groups is 3. The van der Waals surface area contributed by atoms with E-state index in [0.717, 1.165) is 10.8 Å². The van der Waals surface area contributed by atoms with Crippen LogP contribution in [0.3, 0.4) is 0 Å². The van der Waals surface area contributed by atoms with Crippen LogP contribution in [0.4, 0.5) is 0 Å². The Kier molecular flexibility index (Phi) is 7.45. The summed E-state index contributed by atoms with van der Waals surface area (Å²) in [5.74, 6) is -0.980. The summed E-state index contributed by atoms with van der Waals surface area (Å²) in [7, 11) is 1.47. The minimum absolute atomic E-state index is 0.124. The van der Waals surface area contributed by atoms with Crippen molar-refractivity contribution in [2.24, 2.45) is 0 Å². The average molecular weight is 421 g/mol. The van der Waals surface area contributed by atoms with E-state index in [9.17, 15) is 14.4 Å². The minimum Gasteiger partial charge on any atom is -0.481 e. The van der Waals surface area contributed by atoms with Gasteiger partial charge in [0.15, 0.2) is 13.2 Å². The summed E-state index contributed by atoms with van der Waals surface area (Å²) in [4.78, 5) is 37.0. The number of esters is 1. The van der Waals surface area contributed by atoms with Gasteiger partial charge in [0.05, 0.1) is 6.54 Å². The topological polar surface area (TPSA) is 84.9 Å². The van der Waals surface area contributed by atoms with Crippen LogP contribution >= 0.6 is 11.6 Å². The van der Waals surface area contributed by atoms with Crippen LogP contribution in [0.15, 0.2) is 36.4 Å². The first-order chi connectivity index (χ1) is 13.6. The Morgan fingerprint density at radius 3 is 2.34 bits per heavy atom. The highest BCUT2D eigenvalue weighted by Crippen LogP contribution is 2.31. The number of fused-ring (bicyclic) bond motifs is 1. The van der Waals surface area contributed by atoms with E-state index in [2.05, 4.69) is 5.32 Å². The molecule has 0 heterocycles. The third-order valence-corrected chi connectivity index (χ3v) is 4.18. The van der Waals surface area contributed by atoms with E-state index < -0.39 is 24.0 Å². The molecule has 0 bridgehead atoms. The molecule has 0 saturated carbocycles. The van der Waals surface area contributed by atoms with Gasteiger partial charge >= 0.3 is 5.97 Å². The van der Waals surface area contributed by atoms with E-state index in [1.54, 1.807) is 12.1 Å². The van der Waals surface area contributed by atoms with Gasteiger partial charge in [-0.05, 0) is 32.9 Å². The van der Waals surface area contributed by atoms with Crippen LogP contribution in [-0.2, 0) is 19.1 Å². The molecule has 0 radical (unpaired) electrons. The Bertz CT molecular complexity index is 908. The molecule has 0 fully saturated rings. The molecule has 0 spiro atoms. The first-order valence-electron chi connectivity index (χ1n) is 9.07. The zero-order valence-corrected chi connectivity index (χ0v) is 17.7. The van der Waals surface area contributed by atoms with Crippen molar-refractivity contribution in [1.82, 2.24) is 10.2 Å². The number of halogens is 1. The summed E-state index contributed by atoms with van der Waals surface area (Å²) >= 11 is 6.16. The predicted octanol–water partition coefficient (Wildman–Crippen LogP) is 2.79. The Labute approximate surface area is 174 Å². The van der Waals surface area contributed by atoms with E-state index in [1.165, 1.54) is 11.9 Å². The lowest BCUT2D eigenvalue weighted by Crippen LogP contribution is -2.47. The number of benzene rings is 2. The van der Waals surface area contributed by atoms with Crippen LogP contribution in [0, 0.1) is 0 Å². The zero-order valence-electron chi connectivity index (χ0n) is 17.0. The van der Waals surface area contributed by atoms with Crippen LogP contribution in [-0.4, -0.2) is 55.0 Å². The number of hydrogen-bond acceptors (Lipinski definition) is 5. The molecule has 1 N–H and O–H groups in total. The fourth-order valence-corrected chi connectivity index (χ4v) is 2.78. The summed E-state index contributed by atoms with van der Waals surface area (Å²) in [6.45, 7) is 4.59. The SMILES string of the molecule is CN(CC(=O)NC(C)(C)C)C(=O)COC(=O)COc1ccc(Cl)c2ccccc12. The lowest BCUT2D eigenvalue weighted by Gasteiger charge is -2.23. The van der Waals surface area contributed by atoms with Crippen LogP contribution in [0.2, 0.25) is 5.02 Å². The van der Waals surface area contributed by atoms with Gasteiger partial charge in [0.2, 0.25) is 5.91 Å². The largest absolute Gasteiger partial charge is 0.481 e. The maximum Gasteiger partial charge on any atom is 0.344 e. The fourth-order valence-electron chi connectivity index (χ4n) is 2.55. The van der Waals surface area contributed by atoms with Crippen LogP contribution in [0.5, 0.6) is 5.75 Å². The van der Waals surface area contributed by atoms with Crippen LogP contribution in [0.1, 0.15) is 20.8 Å². The van der Waals surface area contributed by atoms with Gasteiger partial charge in [0.1, 0.15) is 5.75 Å². The van der Waals surface area contributed by atoms with E-state index >= 15 is 0 Å². The second-order valence-corrected chi connectivity index (χ2v) is 8.00. The minimum atomic E-state index is -0.690. The number of hydrogen-bond donors (Lipinski definition) is 1. The zero-order chi connectivity index (χ0) is 21.6. The Morgan fingerprint density at radius 2 is 1.69 bits per heavy atom. The third-order valence-electron chi connectivity index (χ3n) is 3.85. The Balaban J connectivity index is 1.82. The molecule has 8 heteroatoms. The van der Waals surface area contributed by atoms with Gasteiger partial charge in [0, 0.05) is 28.4 Å². The summed E-state index contributed by atoms with van der Waals surface area (Å²) in [5.41, 5.74) is -0.392. The maximum atomic E-state index is 12.0. The molecule has 2 amide bonds. The van der Waals surface area contributed by atoms with Crippen LogP contribution in [0.25, 0.3) is 10.8 Å². The monoisotopic (exact) mass is 420 g/mol. The average Bonchev–Trinajstić information content (AvgIpc) is 2.64. The maximum absolute atomic E-state index is 12.0. The van der Waals surface area contributed by atoms with E-state index in [0.29, 0.717) is 10.8 Å². The number of nitrogens with one attached hydrogen (secondary N) is 1. The summed E-state index contributed by atoms with van der Waals surface area (Å²) < 4.78 is 10.5. The quantitative estimate of drug-likeness (QED) is 0.696. The summed E-state index contributed by atoms with van der Waals surface area (Å²) in [6, 6.07) is 10.7. The number of carbonyl (C=O) groups excluding carboxylic acids is 3. The predicted molar refractivity (Wildman–Crippen MR) is 111 cm³/mol. The van der Waals surface area contributed by atoms with Gasteiger partial charge in [-0.15, -0.1) is 0 Å². The molecule has 0 aliphatic heterocycles. The number of likely N-dealkylation sites (N-methyl/N-ethyl adjacent to an activating group) is 1. The van der Waals surface area contributed by atoms with Gasteiger partial charge in [-0.1, -0.05) is 35.9 Å². The molecule has 7 nitrogen and oxygen atoms in total. The van der Waals surface area contributed by atoms with Gasteiger partial charge in [-0.2, -0.15) is 0 Å². The highest BCUT2D eigenvalue weighted by molar-refractivity contribution is 6.35.